The standard InChI is InChI=1S/C16H11ClF3N3/c17-12-4-5-13-14(7-12)22-9-23-15(13)21-8-10-2-1-3-11(6-10)16(18,19)20/h1-7,9H,8H2,(H,21,22,23). The van der Waals surface area contributed by atoms with Crippen molar-refractivity contribution in [1.82, 2.24) is 9.97 Å². The number of benzene rings is 2. The highest BCUT2D eigenvalue weighted by atomic mass is 35.5. The Balaban J connectivity index is 1.84. The van der Waals surface area contributed by atoms with Gasteiger partial charge in [0.25, 0.3) is 0 Å². The number of rotatable bonds is 3. The third-order valence-corrected chi connectivity index (χ3v) is 3.55. The van der Waals surface area contributed by atoms with Crippen LogP contribution in [0.15, 0.2) is 48.8 Å². The molecule has 0 aliphatic heterocycles. The Bertz CT molecular complexity index is 849. The third-order valence-electron chi connectivity index (χ3n) is 3.31. The average molecular weight is 338 g/mol. The van der Waals surface area contributed by atoms with Crippen LogP contribution < -0.4 is 5.32 Å². The Hall–Kier alpha value is -2.34. The zero-order chi connectivity index (χ0) is 16.4. The van der Waals surface area contributed by atoms with Gasteiger partial charge in [-0.25, -0.2) is 9.97 Å². The molecule has 0 fully saturated rings. The number of aromatic nitrogens is 2. The zero-order valence-corrected chi connectivity index (χ0v) is 12.5. The van der Waals surface area contributed by atoms with Crippen molar-refractivity contribution in [1.29, 1.82) is 0 Å². The van der Waals surface area contributed by atoms with E-state index < -0.39 is 11.7 Å². The molecule has 0 saturated carbocycles. The number of hydrogen-bond acceptors (Lipinski definition) is 3. The molecule has 0 spiro atoms. The zero-order valence-electron chi connectivity index (χ0n) is 11.7. The van der Waals surface area contributed by atoms with E-state index in [4.69, 9.17) is 11.6 Å². The number of nitrogens with one attached hydrogen (secondary N) is 1. The highest BCUT2D eigenvalue weighted by Crippen LogP contribution is 2.30. The average Bonchev–Trinajstić information content (AvgIpc) is 2.52. The van der Waals surface area contributed by atoms with E-state index in [1.165, 1.54) is 12.4 Å². The van der Waals surface area contributed by atoms with Crippen LogP contribution in [-0.4, -0.2) is 9.97 Å². The van der Waals surface area contributed by atoms with Crippen molar-refractivity contribution in [3.05, 3.63) is 64.9 Å². The summed E-state index contributed by atoms with van der Waals surface area (Å²) in [5.74, 6) is 0.545. The van der Waals surface area contributed by atoms with Crippen LogP contribution in [0.25, 0.3) is 10.9 Å². The molecule has 118 valence electrons. The minimum absolute atomic E-state index is 0.221. The van der Waals surface area contributed by atoms with Crippen LogP contribution in [-0.2, 0) is 12.7 Å². The Morgan fingerprint density at radius 3 is 2.65 bits per heavy atom. The number of alkyl halides is 3. The van der Waals surface area contributed by atoms with Crippen LogP contribution in [0.3, 0.4) is 0 Å². The summed E-state index contributed by atoms with van der Waals surface area (Å²) in [7, 11) is 0. The Labute approximate surface area is 135 Å². The molecule has 0 aliphatic rings. The fraction of sp³-hybridized carbons (Fsp3) is 0.125. The second-order valence-electron chi connectivity index (χ2n) is 4.94. The van der Waals surface area contributed by atoms with E-state index in [2.05, 4.69) is 15.3 Å². The predicted molar refractivity (Wildman–Crippen MR) is 83.3 cm³/mol. The molecular weight excluding hydrogens is 327 g/mol. The third kappa shape index (κ3) is 3.53. The molecule has 3 nitrogen and oxygen atoms in total. The van der Waals surface area contributed by atoms with Gasteiger partial charge in [-0.1, -0.05) is 23.7 Å². The lowest BCUT2D eigenvalue weighted by molar-refractivity contribution is -0.137. The predicted octanol–water partition coefficient (Wildman–Crippen LogP) is 4.91. The molecule has 3 aromatic rings. The maximum absolute atomic E-state index is 12.7. The molecule has 3 rings (SSSR count). The first-order valence-corrected chi connectivity index (χ1v) is 7.11. The van der Waals surface area contributed by atoms with Gasteiger partial charge in [-0.15, -0.1) is 0 Å². The molecule has 0 saturated heterocycles. The summed E-state index contributed by atoms with van der Waals surface area (Å²) in [6.07, 6.45) is -2.97. The van der Waals surface area contributed by atoms with Crippen LogP contribution in [0.2, 0.25) is 5.02 Å². The van der Waals surface area contributed by atoms with Crippen LogP contribution >= 0.6 is 11.6 Å². The normalized spacial score (nSPS) is 11.7. The number of hydrogen-bond donors (Lipinski definition) is 1. The number of fused-ring (bicyclic) bond motifs is 1. The van der Waals surface area contributed by atoms with E-state index in [1.54, 1.807) is 24.3 Å². The van der Waals surface area contributed by atoms with Crippen LogP contribution in [0.5, 0.6) is 0 Å². The first-order chi connectivity index (χ1) is 10.9. The van der Waals surface area contributed by atoms with E-state index in [1.807, 2.05) is 0 Å². The van der Waals surface area contributed by atoms with E-state index >= 15 is 0 Å². The first-order valence-electron chi connectivity index (χ1n) is 6.74. The highest BCUT2D eigenvalue weighted by molar-refractivity contribution is 6.31. The maximum Gasteiger partial charge on any atom is 0.416 e. The van der Waals surface area contributed by atoms with Crippen molar-refractivity contribution >= 4 is 28.3 Å². The summed E-state index contributed by atoms with van der Waals surface area (Å²) in [5, 5.41) is 4.35. The van der Waals surface area contributed by atoms with Gasteiger partial charge in [-0.2, -0.15) is 13.2 Å². The quantitative estimate of drug-likeness (QED) is 0.737. The number of anilines is 1. The van der Waals surface area contributed by atoms with Crippen molar-refractivity contribution in [3.8, 4) is 0 Å². The molecule has 0 unspecified atom stereocenters. The molecule has 0 aliphatic carbocycles. The van der Waals surface area contributed by atoms with E-state index in [0.717, 1.165) is 17.5 Å². The molecule has 2 aromatic carbocycles. The van der Waals surface area contributed by atoms with Gasteiger partial charge in [0.1, 0.15) is 12.1 Å². The van der Waals surface area contributed by atoms with Gasteiger partial charge in [0, 0.05) is 17.0 Å². The van der Waals surface area contributed by atoms with Gasteiger partial charge in [-0.05, 0) is 35.9 Å². The molecule has 23 heavy (non-hydrogen) atoms. The van der Waals surface area contributed by atoms with Crippen molar-refractivity contribution < 1.29 is 13.2 Å². The van der Waals surface area contributed by atoms with Crippen LogP contribution in [0.4, 0.5) is 19.0 Å². The molecule has 0 amide bonds. The summed E-state index contributed by atoms with van der Waals surface area (Å²) >= 11 is 5.92. The lowest BCUT2D eigenvalue weighted by atomic mass is 10.1. The van der Waals surface area contributed by atoms with E-state index in [0.29, 0.717) is 21.9 Å². The largest absolute Gasteiger partial charge is 0.416 e. The van der Waals surface area contributed by atoms with Gasteiger partial charge in [0.2, 0.25) is 0 Å². The molecule has 1 N–H and O–H groups in total. The Morgan fingerprint density at radius 1 is 1.04 bits per heavy atom. The Morgan fingerprint density at radius 2 is 1.87 bits per heavy atom. The minimum Gasteiger partial charge on any atom is -0.365 e. The molecular formula is C16H11ClF3N3. The van der Waals surface area contributed by atoms with Crippen molar-refractivity contribution in [2.75, 3.05) is 5.32 Å². The lowest BCUT2D eigenvalue weighted by Crippen LogP contribution is -2.07. The number of nitrogens with zero attached hydrogens (tertiary/aromatic N) is 2. The van der Waals surface area contributed by atoms with Gasteiger partial charge in [0.15, 0.2) is 0 Å². The van der Waals surface area contributed by atoms with E-state index in [9.17, 15) is 13.2 Å². The van der Waals surface area contributed by atoms with Crippen LogP contribution in [0, 0.1) is 0 Å². The van der Waals surface area contributed by atoms with Gasteiger partial charge >= 0.3 is 6.18 Å². The highest BCUT2D eigenvalue weighted by Gasteiger charge is 2.30. The van der Waals surface area contributed by atoms with Crippen molar-refractivity contribution in [2.24, 2.45) is 0 Å². The Kier molecular flexibility index (Phi) is 4.09. The van der Waals surface area contributed by atoms with Crippen molar-refractivity contribution in [3.63, 3.8) is 0 Å². The fourth-order valence-corrected chi connectivity index (χ4v) is 2.38. The summed E-state index contributed by atoms with van der Waals surface area (Å²) in [6.45, 7) is 0.221. The fourth-order valence-electron chi connectivity index (χ4n) is 2.21. The monoisotopic (exact) mass is 337 g/mol. The van der Waals surface area contributed by atoms with Gasteiger partial charge < -0.3 is 5.32 Å². The molecule has 0 atom stereocenters. The maximum atomic E-state index is 12.7. The lowest BCUT2D eigenvalue weighted by Gasteiger charge is -2.11. The molecule has 1 aromatic heterocycles. The summed E-state index contributed by atoms with van der Waals surface area (Å²) in [4.78, 5) is 8.26. The summed E-state index contributed by atoms with van der Waals surface area (Å²) in [5.41, 5.74) is 0.510. The van der Waals surface area contributed by atoms with Gasteiger partial charge in [0.05, 0.1) is 11.1 Å². The molecule has 7 heteroatoms. The van der Waals surface area contributed by atoms with Crippen LogP contribution in [0.1, 0.15) is 11.1 Å². The molecule has 1 heterocycles. The smallest absolute Gasteiger partial charge is 0.365 e. The second-order valence-corrected chi connectivity index (χ2v) is 5.37. The second kappa shape index (κ2) is 6.04. The SMILES string of the molecule is FC(F)(F)c1cccc(CNc2ncnc3cc(Cl)ccc23)c1. The number of halogens is 4. The first kappa shape index (κ1) is 15.6. The minimum atomic E-state index is -4.35. The summed E-state index contributed by atoms with van der Waals surface area (Å²) < 4.78 is 38.2. The van der Waals surface area contributed by atoms with E-state index in [-0.39, 0.29) is 6.54 Å². The topological polar surface area (TPSA) is 37.8 Å². The van der Waals surface area contributed by atoms with Crippen molar-refractivity contribution in [2.45, 2.75) is 12.7 Å². The molecule has 0 radical (unpaired) electrons. The summed E-state index contributed by atoms with van der Waals surface area (Å²) in [6, 6.07) is 10.4. The molecule has 0 bridgehead atoms. The van der Waals surface area contributed by atoms with Gasteiger partial charge in [-0.3, -0.25) is 0 Å².